The molecule has 0 amide bonds. The van der Waals surface area contributed by atoms with Gasteiger partial charge in [-0.05, 0) is 26.0 Å². The molecule has 0 atom stereocenters. The van der Waals surface area contributed by atoms with E-state index in [1.165, 1.54) is 6.07 Å². The Morgan fingerprint density at radius 1 is 0.848 bits per heavy atom. The zero-order valence-corrected chi connectivity index (χ0v) is 20.3. The van der Waals surface area contributed by atoms with Crippen LogP contribution in [0.15, 0.2) is 59.6 Å². The first-order valence-electron chi connectivity index (χ1n) is 9.83. The first-order chi connectivity index (χ1) is 15.6. The van der Waals surface area contributed by atoms with Crippen LogP contribution in [0.3, 0.4) is 0 Å². The van der Waals surface area contributed by atoms with Gasteiger partial charge in [0.15, 0.2) is 5.03 Å². The molecule has 0 fully saturated rings. The molecule has 2 N–H and O–H groups in total. The van der Waals surface area contributed by atoms with Gasteiger partial charge in [-0.3, -0.25) is 9.82 Å². The number of sulfone groups is 1. The molecule has 0 aliphatic heterocycles. The molecule has 0 aliphatic rings. The molecule has 0 bridgehead atoms. The molecule has 0 aliphatic carbocycles. The highest BCUT2D eigenvalue weighted by Gasteiger charge is 2.23. The number of aryl methyl sites for hydroxylation is 2. The second kappa shape index (κ2) is 9.04. The summed E-state index contributed by atoms with van der Waals surface area (Å²) in [4.78, 5) is 0. The number of nitrogens with zero attached hydrogens (tertiary/aromatic N) is 3. The molecule has 9 nitrogen and oxygen atoms in total. The molecule has 12 heteroatoms. The van der Waals surface area contributed by atoms with Crippen LogP contribution in [0.1, 0.15) is 21.1 Å². The van der Waals surface area contributed by atoms with Crippen LogP contribution in [0.2, 0.25) is 0 Å². The summed E-state index contributed by atoms with van der Waals surface area (Å²) in [5.41, 5.74) is 3.85. The number of sulfonamides is 1. The number of hydrogen-bond donors (Lipinski definition) is 2. The molecular weight excluding hydrogens is 482 g/mol. The second-order valence-electron chi connectivity index (χ2n) is 7.56. The SMILES string of the molecule is Cc1ccc(NS(=O)(=O)Cc2nnc(CS(=O)(=O)c3cc(-c4ccc(C)cc4)n[nH]3)s2)cc1. The van der Waals surface area contributed by atoms with E-state index in [4.69, 9.17) is 0 Å². The minimum atomic E-state index is -3.77. The van der Waals surface area contributed by atoms with E-state index < -0.39 is 31.4 Å². The summed E-state index contributed by atoms with van der Waals surface area (Å²) < 4.78 is 52.9. The smallest absolute Gasteiger partial charge is 0.239 e. The van der Waals surface area contributed by atoms with E-state index in [9.17, 15) is 16.8 Å². The maximum absolute atomic E-state index is 12.8. The molecule has 33 heavy (non-hydrogen) atoms. The lowest BCUT2D eigenvalue weighted by Gasteiger charge is -2.06. The van der Waals surface area contributed by atoms with E-state index in [2.05, 4.69) is 25.1 Å². The monoisotopic (exact) mass is 503 g/mol. The summed E-state index contributed by atoms with van der Waals surface area (Å²) in [6.45, 7) is 3.87. The first kappa shape index (κ1) is 23.1. The Morgan fingerprint density at radius 2 is 1.42 bits per heavy atom. The standard InChI is InChI=1S/C21H21N5O4S3/c1-14-3-7-16(8-4-14)18-11-21(25-22-18)32(27,28)12-19-23-24-20(31-19)13-33(29,30)26-17-9-5-15(2)6-10-17/h3-11,26H,12-13H2,1-2H3,(H,22,25). The average molecular weight is 504 g/mol. The van der Waals surface area contributed by atoms with E-state index in [0.717, 1.165) is 28.0 Å². The summed E-state index contributed by atoms with van der Waals surface area (Å²) in [5, 5.41) is 14.7. The zero-order chi connectivity index (χ0) is 23.6. The number of benzene rings is 2. The number of hydrogen-bond acceptors (Lipinski definition) is 8. The molecule has 2 heterocycles. The van der Waals surface area contributed by atoms with Gasteiger partial charge in [-0.25, -0.2) is 16.8 Å². The fraction of sp³-hybridized carbons (Fsp3) is 0.190. The van der Waals surface area contributed by atoms with E-state index in [-0.39, 0.29) is 15.0 Å². The number of aromatic amines is 1. The highest BCUT2D eigenvalue weighted by molar-refractivity contribution is 7.92. The predicted octanol–water partition coefficient (Wildman–Crippen LogP) is 3.46. The third-order valence-electron chi connectivity index (χ3n) is 4.70. The second-order valence-corrected chi connectivity index (χ2v) is 12.4. The molecule has 4 rings (SSSR count). The van der Waals surface area contributed by atoms with Gasteiger partial charge in [0.25, 0.3) is 0 Å². The van der Waals surface area contributed by atoms with Crippen LogP contribution >= 0.6 is 11.3 Å². The number of anilines is 1. The Balaban J connectivity index is 1.44. The molecule has 2 aromatic carbocycles. The summed E-state index contributed by atoms with van der Waals surface area (Å²) >= 11 is 0.944. The number of rotatable bonds is 8. The molecule has 0 spiro atoms. The van der Waals surface area contributed by atoms with Crippen LogP contribution in [-0.4, -0.2) is 37.2 Å². The molecule has 4 aromatic rings. The van der Waals surface area contributed by atoms with Gasteiger partial charge in [0, 0.05) is 17.3 Å². The fourth-order valence-electron chi connectivity index (χ4n) is 2.98. The molecule has 0 radical (unpaired) electrons. The Labute approximate surface area is 195 Å². The highest BCUT2D eigenvalue weighted by Crippen LogP contribution is 2.24. The number of H-pyrrole nitrogens is 1. The Bertz CT molecular complexity index is 1470. The van der Waals surface area contributed by atoms with Crippen molar-refractivity contribution in [3.05, 3.63) is 75.7 Å². The van der Waals surface area contributed by atoms with Crippen LogP contribution in [0.5, 0.6) is 0 Å². The van der Waals surface area contributed by atoms with Gasteiger partial charge >= 0.3 is 0 Å². The first-order valence-corrected chi connectivity index (χ1v) is 14.0. The molecule has 2 aromatic heterocycles. The van der Waals surface area contributed by atoms with Gasteiger partial charge in [-0.2, -0.15) is 5.10 Å². The minimum Gasteiger partial charge on any atom is -0.283 e. The van der Waals surface area contributed by atoms with Crippen molar-refractivity contribution in [3.63, 3.8) is 0 Å². The topological polar surface area (TPSA) is 135 Å². The minimum absolute atomic E-state index is 0.0384. The van der Waals surface area contributed by atoms with Crippen molar-refractivity contribution in [1.82, 2.24) is 20.4 Å². The quantitative estimate of drug-likeness (QED) is 0.376. The molecule has 0 unspecified atom stereocenters. The van der Waals surface area contributed by atoms with E-state index in [1.54, 1.807) is 24.3 Å². The van der Waals surface area contributed by atoms with Crippen molar-refractivity contribution in [1.29, 1.82) is 0 Å². The molecular formula is C21H21N5O4S3. The Kier molecular flexibility index (Phi) is 6.32. The number of nitrogens with one attached hydrogen (secondary N) is 2. The van der Waals surface area contributed by atoms with Crippen LogP contribution in [0.25, 0.3) is 11.3 Å². The van der Waals surface area contributed by atoms with Crippen molar-refractivity contribution in [2.45, 2.75) is 30.4 Å². The van der Waals surface area contributed by atoms with Gasteiger partial charge in [-0.1, -0.05) is 58.9 Å². The normalized spacial score (nSPS) is 12.1. The summed E-state index contributed by atoms with van der Waals surface area (Å²) in [7, 11) is -7.49. The lowest BCUT2D eigenvalue weighted by atomic mass is 10.1. The Hall–Kier alpha value is -3.09. The lowest BCUT2D eigenvalue weighted by Crippen LogP contribution is -2.14. The van der Waals surface area contributed by atoms with Crippen molar-refractivity contribution < 1.29 is 16.8 Å². The van der Waals surface area contributed by atoms with Crippen LogP contribution in [-0.2, 0) is 31.4 Å². The van der Waals surface area contributed by atoms with Gasteiger partial charge in [-0.15, -0.1) is 10.2 Å². The molecule has 0 saturated heterocycles. The Morgan fingerprint density at radius 3 is 2.06 bits per heavy atom. The van der Waals surface area contributed by atoms with Crippen LogP contribution in [0.4, 0.5) is 5.69 Å². The lowest BCUT2D eigenvalue weighted by molar-refractivity contribution is 0.590. The number of aromatic nitrogens is 4. The van der Waals surface area contributed by atoms with Gasteiger partial charge in [0.2, 0.25) is 19.9 Å². The van der Waals surface area contributed by atoms with Crippen molar-refractivity contribution in [2.75, 3.05) is 4.72 Å². The summed E-state index contributed by atoms with van der Waals surface area (Å²) in [6, 6.07) is 16.0. The van der Waals surface area contributed by atoms with Gasteiger partial charge < -0.3 is 0 Å². The zero-order valence-electron chi connectivity index (χ0n) is 17.8. The maximum Gasteiger partial charge on any atom is 0.239 e. The van der Waals surface area contributed by atoms with E-state index >= 15 is 0 Å². The van der Waals surface area contributed by atoms with Crippen molar-refractivity contribution in [3.8, 4) is 11.3 Å². The third-order valence-corrected chi connectivity index (χ3v) is 8.72. The largest absolute Gasteiger partial charge is 0.283 e. The maximum atomic E-state index is 12.8. The molecule has 172 valence electrons. The molecule has 0 saturated carbocycles. The summed E-state index contributed by atoms with van der Waals surface area (Å²) in [5.74, 6) is -0.814. The van der Waals surface area contributed by atoms with Gasteiger partial charge in [0.1, 0.15) is 21.5 Å². The van der Waals surface area contributed by atoms with E-state index in [0.29, 0.717) is 11.4 Å². The van der Waals surface area contributed by atoms with E-state index in [1.807, 2.05) is 38.1 Å². The summed E-state index contributed by atoms with van der Waals surface area (Å²) in [6.07, 6.45) is 0. The van der Waals surface area contributed by atoms with Crippen molar-refractivity contribution >= 4 is 36.9 Å². The highest BCUT2D eigenvalue weighted by atomic mass is 32.2. The van der Waals surface area contributed by atoms with Gasteiger partial charge in [0.05, 0.1) is 5.69 Å². The predicted molar refractivity (Wildman–Crippen MR) is 127 cm³/mol. The van der Waals surface area contributed by atoms with Crippen molar-refractivity contribution in [2.24, 2.45) is 0 Å². The average Bonchev–Trinajstić information content (AvgIpc) is 3.40. The fourth-order valence-corrected chi connectivity index (χ4v) is 6.78. The van der Waals surface area contributed by atoms with Crippen LogP contribution < -0.4 is 4.72 Å². The third kappa shape index (κ3) is 5.83. The van der Waals surface area contributed by atoms with Crippen LogP contribution in [0, 0.1) is 13.8 Å².